The molecule has 0 rings (SSSR count). The van der Waals surface area contributed by atoms with E-state index in [1.807, 2.05) is 0 Å². The molecular weight excluding hydrogens is 3080 g/mol. The summed E-state index contributed by atoms with van der Waals surface area (Å²) in [7, 11) is 0. The Hall–Kier alpha value is 16.9. The predicted molar refractivity (Wildman–Crippen MR) is 371 cm³/mol. The van der Waals surface area contributed by atoms with Crippen molar-refractivity contribution in [2.45, 2.75) is 54.1 Å². The molecular formula is C17HBr35O3S. The van der Waals surface area contributed by atoms with E-state index in [2.05, 4.69) is 558 Å². The average molecular weight is 3080 g/mol. The van der Waals surface area contributed by atoms with E-state index < -0.39 is 65.4 Å². The van der Waals surface area contributed by atoms with Gasteiger partial charge in [-0.2, -0.15) is 4.21 Å². The molecule has 0 aliphatic rings. The molecule has 1 unspecified atom stereocenters. The number of halogens is 35. The molecule has 39 heteroatoms. The van der Waals surface area contributed by atoms with Gasteiger partial charge in [0, 0.05) is 0 Å². The Kier molecular flexibility index (Phi) is 31.1. The molecule has 0 aliphatic heterocycles. The summed E-state index contributed by atoms with van der Waals surface area (Å²) in [5.74, 6) is 0. The van der Waals surface area contributed by atoms with Crippen molar-refractivity contribution in [3.63, 3.8) is 0 Å². The van der Waals surface area contributed by atoms with Crippen LogP contribution in [0.25, 0.3) is 0 Å². The van der Waals surface area contributed by atoms with Gasteiger partial charge >= 0.3 is 11.4 Å². The molecule has 0 radical (unpaired) electrons. The zero-order valence-electron chi connectivity index (χ0n) is 23.4. The van der Waals surface area contributed by atoms with E-state index in [0.29, 0.717) is 0 Å². The van der Waals surface area contributed by atoms with Crippen LogP contribution in [0, 0.1) is 0 Å². The molecule has 3 nitrogen and oxygen atoms in total. The van der Waals surface area contributed by atoms with Crippen LogP contribution in [0.15, 0.2) is 0 Å². The van der Waals surface area contributed by atoms with Crippen LogP contribution >= 0.6 is 558 Å². The Morgan fingerprint density at radius 2 is 0.375 bits per heavy atom. The van der Waals surface area contributed by atoms with Crippen molar-refractivity contribution < 1.29 is 12.9 Å². The van der Waals surface area contributed by atoms with E-state index in [4.69, 9.17) is 4.18 Å². The average Bonchev–Trinajstić information content (AvgIpc) is 2.94. The first kappa shape index (κ1) is 72.9. The molecule has 0 bridgehead atoms. The second-order valence-corrected chi connectivity index (χ2v) is 72.2. The van der Waals surface area contributed by atoms with Gasteiger partial charge in [0.25, 0.3) is 0 Å². The summed E-state index contributed by atoms with van der Waals surface area (Å²) in [5.41, 5.74) is 0. The van der Waals surface area contributed by atoms with Crippen molar-refractivity contribution in [3.05, 3.63) is 0 Å². The summed E-state index contributed by atoms with van der Waals surface area (Å²) >= 11 is 132. The summed E-state index contributed by atoms with van der Waals surface area (Å²) in [6, 6.07) is 0. The van der Waals surface area contributed by atoms with E-state index in [9.17, 15) is 8.76 Å². The zero-order valence-corrected chi connectivity index (χ0v) is 79.7. The lowest BCUT2D eigenvalue weighted by atomic mass is 10.0. The highest BCUT2D eigenvalue weighted by Crippen LogP contribution is 2.84. The van der Waals surface area contributed by atoms with Crippen molar-refractivity contribution in [1.29, 1.82) is 0 Å². The van der Waals surface area contributed by atoms with Gasteiger partial charge in [-0.05, 0) is 31.9 Å². The first-order chi connectivity index (χ1) is 23.4. The predicted octanol–water partition coefficient (Wildman–Crippen LogP) is 25.7. The molecule has 0 amide bonds. The van der Waals surface area contributed by atoms with E-state index in [1.54, 1.807) is 0 Å². The molecule has 56 heavy (non-hydrogen) atoms. The molecule has 338 valence electrons. The van der Waals surface area contributed by atoms with Gasteiger partial charge < -0.3 is 0 Å². The van der Waals surface area contributed by atoms with Crippen LogP contribution in [0.3, 0.4) is 0 Å². The van der Waals surface area contributed by atoms with Gasteiger partial charge in [-0.3, -0.25) is 4.55 Å². The van der Waals surface area contributed by atoms with Gasteiger partial charge in [0.15, 0.2) is 5.38 Å². The van der Waals surface area contributed by atoms with Crippen LogP contribution in [0.1, 0.15) is 0 Å². The maximum Gasteiger partial charge on any atom is 0.304 e. The van der Waals surface area contributed by atoms with E-state index in [-0.39, 0.29) is 0 Å². The summed E-state index contributed by atoms with van der Waals surface area (Å²) < 4.78 is 3.60. The van der Waals surface area contributed by atoms with Crippen LogP contribution in [0.2, 0.25) is 0 Å². The molecule has 0 saturated carbocycles. The quantitative estimate of drug-likeness (QED) is 0.117. The van der Waals surface area contributed by atoms with Gasteiger partial charge in [-0.1, -0.05) is 526 Å². The van der Waals surface area contributed by atoms with Crippen LogP contribution < -0.4 is 0 Å². The Labute approximate surface area is 620 Å². The highest BCUT2D eigenvalue weighted by molar-refractivity contribution is 9.43. The minimum absolute atomic E-state index is 0.931. The monoisotopic (exact) mass is 3050 g/mol. The molecule has 0 heterocycles. The fourth-order valence-electron chi connectivity index (χ4n) is 3.07. The van der Waals surface area contributed by atoms with Crippen molar-refractivity contribution >= 4 is 569 Å². The van der Waals surface area contributed by atoms with Crippen molar-refractivity contribution in [1.82, 2.24) is 0 Å². The maximum atomic E-state index is 11.8. The third-order valence-corrected chi connectivity index (χ3v) is 81.3. The Bertz CT molecular complexity index is 1470. The first-order valence-corrected chi connectivity index (χ1v) is 40.1. The van der Waals surface area contributed by atoms with Crippen LogP contribution in [0.5, 0.6) is 0 Å². The molecule has 0 aromatic heterocycles. The molecule has 1 atom stereocenters. The van der Waals surface area contributed by atoms with Gasteiger partial charge in [0.05, 0.1) is 0 Å². The summed E-state index contributed by atoms with van der Waals surface area (Å²) in [5, 5.41) is 0. The van der Waals surface area contributed by atoms with E-state index in [0.717, 1.165) is 0 Å². The van der Waals surface area contributed by atoms with Crippen molar-refractivity contribution in [2.75, 3.05) is 0 Å². The number of hydrogen-bond donors (Lipinski definition) is 1. The summed E-state index contributed by atoms with van der Waals surface area (Å²) in [6.45, 7) is 0. The Morgan fingerprint density at radius 3 is 0.500 bits per heavy atom. The summed E-state index contributed by atoms with van der Waals surface area (Å²) in [4.78, 5) is 0. The van der Waals surface area contributed by atoms with Crippen LogP contribution in [0.4, 0.5) is 0 Å². The van der Waals surface area contributed by atoms with Gasteiger partial charge in [0.1, 0.15) is 45.3 Å². The Morgan fingerprint density at radius 1 is 0.250 bits per heavy atom. The third-order valence-electron chi connectivity index (χ3n) is 6.42. The standard InChI is InChI=1S/C17HBr35O3S/c18-1(19,2(20,21)4(24,25)6(28,29)8(32,33)10(36,37)12(40,41)14(44,45)16(48,49)50)3(22,23)5(26,27)7(30,31)9(34,35)11(38,39)13(42,43)15(46,47)17(51,52)55-56(53)54/h(H,53,54). The Balaban J connectivity index is 7.81. The SMILES string of the molecule is O=S(O)OC(Br)(Br)C(Br)(Br)C(Br)(Br)C(Br)(Br)C(Br)(Br)C(Br)(Br)C(Br)(Br)C(Br)(Br)C(Br)(Br)C(Br)(Br)C(Br)(Br)C(Br)(Br)C(Br)(Br)C(Br)(Br)C(Br)(Br)C(Br)(Br)C(Br)(Br)Br. The second-order valence-electron chi connectivity index (χ2n) is 9.93. The molecule has 1 N–H and O–H groups in total. The second kappa shape index (κ2) is 23.9. The minimum Gasteiger partial charge on any atom is -0.284 e. The van der Waals surface area contributed by atoms with Gasteiger partial charge in [0.2, 0.25) is 3.42 Å². The van der Waals surface area contributed by atoms with Gasteiger partial charge in [-0.25, -0.2) is 4.18 Å². The van der Waals surface area contributed by atoms with Crippen LogP contribution in [-0.2, 0) is 15.5 Å². The van der Waals surface area contributed by atoms with E-state index in [1.165, 1.54) is 0 Å². The van der Waals surface area contributed by atoms with Crippen molar-refractivity contribution in [3.8, 4) is 0 Å². The maximum absolute atomic E-state index is 11.8. The lowest BCUT2D eigenvalue weighted by Crippen LogP contribution is -2.74. The summed E-state index contributed by atoms with van der Waals surface area (Å²) in [6.07, 6.45) is 0. The van der Waals surface area contributed by atoms with Crippen LogP contribution in [-0.4, -0.2) is 62.8 Å². The topological polar surface area (TPSA) is 46.5 Å². The molecule has 0 fully saturated rings. The number of rotatable bonds is 17. The fraction of sp³-hybridized carbons (Fsp3) is 1.00. The zero-order chi connectivity index (χ0) is 46.8. The lowest BCUT2D eigenvalue weighted by molar-refractivity contribution is 0.251. The molecule has 0 saturated heterocycles. The first-order valence-electron chi connectivity index (χ1n) is 11.3. The van der Waals surface area contributed by atoms with Crippen molar-refractivity contribution in [2.24, 2.45) is 0 Å². The lowest BCUT2D eigenvalue weighted by Gasteiger charge is -2.62. The molecule has 0 aliphatic carbocycles. The normalized spacial score (nSPS) is 17.7. The third kappa shape index (κ3) is 12.6. The molecule has 0 spiro atoms. The fourth-order valence-corrected chi connectivity index (χ4v) is 39.0. The number of alkyl halides is 35. The highest BCUT2D eigenvalue weighted by Gasteiger charge is 2.84. The molecule has 0 aromatic carbocycles. The smallest absolute Gasteiger partial charge is 0.284 e. The number of hydrogen-bond acceptors (Lipinski definition) is 2. The largest absolute Gasteiger partial charge is 0.304 e. The van der Waals surface area contributed by atoms with Gasteiger partial charge in [-0.15, -0.1) is 0 Å². The van der Waals surface area contributed by atoms with E-state index >= 15 is 0 Å². The molecule has 0 aromatic rings. The minimum atomic E-state index is -2.72. The highest BCUT2D eigenvalue weighted by atomic mass is 80.0.